The number of aromatic nitrogens is 6. The van der Waals surface area contributed by atoms with Crippen molar-refractivity contribution in [3.63, 3.8) is 0 Å². The smallest absolute Gasteiger partial charge is 0.225 e. The fraction of sp³-hybridized carbons (Fsp3) is 0.357. The standard InChI is InChI=1S/C14H16ClN7O/c1-4-5-8-11-12(22(2)21-8)13(20-14(15)19-11)18-9-6-10(23-3)17-7-16-9/h6-7H,4-5H2,1-3H3,(H,16,17,18,19,20). The quantitative estimate of drug-likeness (QED) is 0.717. The van der Waals surface area contributed by atoms with Gasteiger partial charge >= 0.3 is 0 Å². The number of rotatable bonds is 5. The van der Waals surface area contributed by atoms with Crippen molar-refractivity contribution < 1.29 is 4.74 Å². The van der Waals surface area contributed by atoms with Crippen LogP contribution in [0.25, 0.3) is 11.0 Å². The van der Waals surface area contributed by atoms with Gasteiger partial charge in [-0.05, 0) is 18.0 Å². The van der Waals surface area contributed by atoms with Gasteiger partial charge in [0.15, 0.2) is 5.82 Å². The minimum absolute atomic E-state index is 0.159. The van der Waals surface area contributed by atoms with Gasteiger partial charge in [0.25, 0.3) is 0 Å². The summed E-state index contributed by atoms with van der Waals surface area (Å²) in [5.41, 5.74) is 2.42. The summed E-state index contributed by atoms with van der Waals surface area (Å²) in [5.74, 6) is 1.54. The number of ether oxygens (including phenoxy) is 1. The second kappa shape index (κ2) is 6.33. The number of fused-ring (bicyclic) bond motifs is 1. The summed E-state index contributed by atoms with van der Waals surface area (Å²) in [6, 6.07) is 1.67. The largest absolute Gasteiger partial charge is 0.481 e. The third kappa shape index (κ3) is 3.02. The maximum absolute atomic E-state index is 6.07. The summed E-state index contributed by atoms with van der Waals surface area (Å²) >= 11 is 6.07. The molecule has 0 amide bonds. The van der Waals surface area contributed by atoms with Gasteiger partial charge in [-0.2, -0.15) is 10.1 Å². The Balaban J connectivity index is 2.09. The van der Waals surface area contributed by atoms with Crippen molar-refractivity contribution in [3.8, 4) is 5.88 Å². The molecule has 23 heavy (non-hydrogen) atoms. The Kier molecular flexibility index (Phi) is 4.24. The number of aryl methyl sites for hydroxylation is 2. The van der Waals surface area contributed by atoms with Crippen LogP contribution >= 0.6 is 11.6 Å². The summed E-state index contributed by atoms with van der Waals surface area (Å²) in [6.45, 7) is 2.09. The Bertz CT molecular complexity index is 849. The molecule has 0 radical (unpaired) electrons. The number of anilines is 2. The van der Waals surface area contributed by atoms with Gasteiger partial charge < -0.3 is 10.1 Å². The van der Waals surface area contributed by atoms with E-state index in [4.69, 9.17) is 16.3 Å². The van der Waals surface area contributed by atoms with E-state index in [0.717, 1.165) is 29.6 Å². The lowest BCUT2D eigenvalue weighted by Crippen LogP contribution is -2.02. The van der Waals surface area contributed by atoms with E-state index in [1.807, 2.05) is 7.05 Å². The molecule has 0 aliphatic carbocycles. The molecule has 120 valence electrons. The van der Waals surface area contributed by atoms with Crippen LogP contribution in [0.1, 0.15) is 19.0 Å². The van der Waals surface area contributed by atoms with E-state index >= 15 is 0 Å². The first kappa shape index (κ1) is 15.4. The molecule has 0 aliphatic heterocycles. The first-order chi connectivity index (χ1) is 11.1. The van der Waals surface area contributed by atoms with Crippen molar-refractivity contribution in [3.05, 3.63) is 23.4 Å². The molecule has 0 saturated carbocycles. The van der Waals surface area contributed by atoms with Crippen LogP contribution in [-0.2, 0) is 13.5 Å². The molecule has 0 saturated heterocycles. The maximum atomic E-state index is 6.07. The molecule has 0 unspecified atom stereocenters. The van der Waals surface area contributed by atoms with Crippen LogP contribution in [0.4, 0.5) is 11.6 Å². The van der Waals surface area contributed by atoms with Crippen molar-refractivity contribution in [2.75, 3.05) is 12.4 Å². The molecule has 3 heterocycles. The van der Waals surface area contributed by atoms with Gasteiger partial charge in [0.2, 0.25) is 11.2 Å². The van der Waals surface area contributed by atoms with Crippen molar-refractivity contribution >= 4 is 34.3 Å². The molecule has 0 bridgehead atoms. The van der Waals surface area contributed by atoms with Gasteiger partial charge in [0, 0.05) is 13.1 Å². The zero-order valence-corrected chi connectivity index (χ0v) is 13.8. The number of methoxy groups -OCH3 is 1. The molecule has 3 rings (SSSR count). The third-order valence-corrected chi connectivity index (χ3v) is 3.48. The first-order valence-corrected chi connectivity index (χ1v) is 7.52. The summed E-state index contributed by atoms with van der Waals surface area (Å²) in [5, 5.41) is 7.80. The minimum atomic E-state index is 0.159. The van der Waals surface area contributed by atoms with E-state index in [1.54, 1.807) is 17.9 Å². The van der Waals surface area contributed by atoms with E-state index in [9.17, 15) is 0 Å². The second-order valence-corrected chi connectivity index (χ2v) is 5.27. The Morgan fingerprint density at radius 1 is 1.30 bits per heavy atom. The molecule has 0 fully saturated rings. The Labute approximate surface area is 137 Å². The van der Waals surface area contributed by atoms with Gasteiger partial charge in [0.05, 0.1) is 12.8 Å². The molecular weight excluding hydrogens is 318 g/mol. The highest BCUT2D eigenvalue weighted by Gasteiger charge is 2.17. The van der Waals surface area contributed by atoms with E-state index in [1.165, 1.54) is 6.33 Å². The van der Waals surface area contributed by atoms with Gasteiger partial charge in [-0.3, -0.25) is 4.68 Å². The summed E-state index contributed by atoms with van der Waals surface area (Å²) < 4.78 is 6.84. The zero-order valence-electron chi connectivity index (χ0n) is 13.0. The van der Waals surface area contributed by atoms with Crippen LogP contribution in [-0.4, -0.2) is 36.8 Å². The molecule has 0 spiro atoms. The van der Waals surface area contributed by atoms with Crippen molar-refractivity contribution in [2.45, 2.75) is 19.8 Å². The number of halogens is 1. The topological polar surface area (TPSA) is 90.6 Å². The molecule has 0 aromatic carbocycles. The average molecular weight is 334 g/mol. The van der Waals surface area contributed by atoms with Crippen molar-refractivity contribution in [1.29, 1.82) is 0 Å². The van der Waals surface area contributed by atoms with E-state index in [-0.39, 0.29) is 5.28 Å². The predicted molar refractivity (Wildman–Crippen MR) is 87.2 cm³/mol. The van der Waals surface area contributed by atoms with E-state index in [0.29, 0.717) is 17.5 Å². The van der Waals surface area contributed by atoms with Crippen molar-refractivity contribution in [1.82, 2.24) is 29.7 Å². The van der Waals surface area contributed by atoms with Crippen LogP contribution < -0.4 is 10.1 Å². The van der Waals surface area contributed by atoms with Crippen LogP contribution in [0.2, 0.25) is 5.28 Å². The van der Waals surface area contributed by atoms with E-state index < -0.39 is 0 Å². The molecular formula is C14H16ClN7O. The lowest BCUT2D eigenvalue weighted by molar-refractivity contribution is 0.397. The first-order valence-electron chi connectivity index (χ1n) is 7.14. The van der Waals surface area contributed by atoms with Crippen LogP contribution in [0.3, 0.4) is 0 Å². The minimum Gasteiger partial charge on any atom is -0.481 e. The molecule has 0 aliphatic rings. The Morgan fingerprint density at radius 3 is 2.87 bits per heavy atom. The second-order valence-electron chi connectivity index (χ2n) is 4.93. The highest BCUT2D eigenvalue weighted by atomic mass is 35.5. The summed E-state index contributed by atoms with van der Waals surface area (Å²) in [4.78, 5) is 16.7. The highest BCUT2D eigenvalue weighted by Crippen LogP contribution is 2.27. The summed E-state index contributed by atoms with van der Waals surface area (Å²) in [7, 11) is 3.40. The maximum Gasteiger partial charge on any atom is 0.225 e. The molecule has 1 N–H and O–H groups in total. The number of nitrogens with one attached hydrogen (secondary N) is 1. The zero-order chi connectivity index (χ0) is 16.4. The van der Waals surface area contributed by atoms with Gasteiger partial charge in [-0.15, -0.1) is 0 Å². The fourth-order valence-electron chi connectivity index (χ4n) is 2.35. The van der Waals surface area contributed by atoms with Crippen molar-refractivity contribution in [2.24, 2.45) is 7.05 Å². The number of hydrogen-bond acceptors (Lipinski definition) is 7. The van der Waals surface area contributed by atoms with Gasteiger partial charge in [-0.1, -0.05) is 13.3 Å². The third-order valence-electron chi connectivity index (χ3n) is 3.31. The molecule has 3 aromatic rings. The van der Waals surface area contributed by atoms with Crippen LogP contribution in [0.5, 0.6) is 5.88 Å². The van der Waals surface area contributed by atoms with E-state index in [2.05, 4.69) is 37.3 Å². The predicted octanol–water partition coefficient (Wildman–Crippen LogP) is 2.51. The Morgan fingerprint density at radius 2 is 2.13 bits per heavy atom. The Hall–Kier alpha value is -2.48. The highest BCUT2D eigenvalue weighted by molar-refractivity contribution is 6.28. The van der Waals surface area contributed by atoms with Gasteiger partial charge in [0.1, 0.15) is 23.2 Å². The summed E-state index contributed by atoms with van der Waals surface area (Å²) in [6.07, 6.45) is 3.21. The lowest BCUT2D eigenvalue weighted by Gasteiger charge is -2.08. The fourth-order valence-corrected chi connectivity index (χ4v) is 2.52. The van der Waals surface area contributed by atoms with Crippen LogP contribution in [0, 0.1) is 0 Å². The molecule has 8 nitrogen and oxygen atoms in total. The average Bonchev–Trinajstić information content (AvgIpc) is 2.84. The normalized spacial score (nSPS) is 11.0. The molecule has 9 heteroatoms. The van der Waals surface area contributed by atoms with Gasteiger partial charge in [-0.25, -0.2) is 15.0 Å². The molecule has 3 aromatic heterocycles. The number of nitrogens with zero attached hydrogens (tertiary/aromatic N) is 6. The monoisotopic (exact) mass is 333 g/mol. The number of hydrogen-bond donors (Lipinski definition) is 1. The molecule has 0 atom stereocenters. The van der Waals surface area contributed by atoms with Crippen LogP contribution in [0.15, 0.2) is 12.4 Å². The SMILES string of the molecule is CCCc1nn(C)c2c(Nc3cc(OC)ncn3)nc(Cl)nc12. The lowest BCUT2D eigenvalue weighted by atomic mass is 10.2.